The largest absolute Gasteiger partial charge is 0.315 e. The van der Waals surface area contributed by atoms with Crippen LogP contribution in [0.1, 0.15) is 7.43 Å². The Hall–Kier alpha value is -0.640. The molecule has 0 rings (SSSR count). The predicted molar refractivity (Wildman–Crippen MR) is 68.6 cm³/mol. The van der Waals surface area contributed by atoms with Crippen molar-refractivity contribution < 1.29 is 20.4 Å². The molecule has 110 valence electrons. The molecule has 8 heteroatoms. The van der Waals surface area contributed by atoms with Crippen LogP contribution in [0.25, 0.3) is 0 Å². The summed E-state index contributed by atoms with van der Waals surface area (Å²) in [6.45, 7) is 0. The maximum atomic E-state index is 9.36. The van der Waals surface area contributed by atoms with Crippen molar-refractivity contribution in [3.05, 3.63) is 4.91 Å². The third-order valence-corrected chi connectivity index (χ3v) is 0. The fourth-order valence-corrected chi connectivity index (χ4v) is 0. The number of nitrogens with zero attached hydrogens (tertiary/aromatic N) is 4. The van der Waals surface area contributed by atoms with Crippen molar-refractivity contribution in [2.75, 3.05) is 56.4 Å². The number of hydroxylamine groups is 6. The lowest BCUT2D eigenvalue weighted by Crippen LogP contribution is -2.01. The molecule has 0 unspecified atom stereocenters. The summed E-state index contributed by atoms with van der Waals surface area (Å²) in [4.78, 5) is 9.36. The fourth-order valence-electron chi connectivity index (χ4n) is 0. The van der Waals surface area contributed by atoms with Crippen LogP contribution in [-0.2, 0) is 0 Å². The molecular formula is C9H31N4O4+. The van der Waals surface area contributed by atoms with E-state index >= 15 is 0 Å². The zero-order valence-corrected chi connectivity index (χ0v) is 11.5. The van der Waals surface area contributed by atoms with E-state index in [1.54, 1.807) is 42.3 Å². The first kappa shape index (κ1) is 29.9. The maximum Gasteiger partial charge on any atom is 0.182 e. The van der Waals surface area contributed by atoms with Crippen LogP contribution < -0.4 is 0 Å². The topological polar surface area (TPSA) is 90.5 Å². The highest BCUT2D eigenvalue weighted by molar-refractivity contribution is 3.91. The Kier molecular flexibility index (Phi) is 43.2. The summed E-state index contributed by atoms with van der Waals surface area (Å²) >= 11 is 0. The van der Waals surface area contributed by atoms with E-state index in [0.29, 0.717) is 0 Å². The lowest BCUT2D eigenvalue weighted by Gasteiger charge is -1.89. The summed E-state index contributed by atoms with van der Waals surface area (Å²) in [5.41, 5.74) is 0. The first-order valence-electron chi connectivity index (χ1n) is 4.36. The van der Waals surface area contributed by atoms with Gasteiger partial charge >= 0.3 is 0 Å². The zero-order chi connectivity index (χ0) is 14.3. The van der Waals surface area contributed by atoms with Crippen LogP contribution in [0.5, 0.6) is 0 Å². The van der Waals surface area contributed by atoms with Crippen LogP contribution >= 0.6 is 0 Å². The molecule has 0 bridgehead atoms. The average Bonchev–Trinajstić information content (AvgIpc) is 1.76. The van der Waals surface area contributed by atoms with Crippen LogP contribution in [0, 0.1) is 4.91 Å². The van der Waals surface area contributed by atoms with Crippen LogP contribution in [0.3, 0.4) is 0 Å². The van der Waals surface area contributed by atoms with E-state index in [9.17, 15) is 4.91 Å². The van der Waals surface area contributed by atoms with E-state index in [4.69, 9.17) is 15.6 Å². The van der Waals surface area contributed by atoms with Crippen molar-refractivity contribution in [2.24, 2.45) is 0 Å². The van der Waals surface area contributed by atoms with Gasteiger partial charge in [-0.15, -0.1) is 0 Å². The van der Waals surface area contributed by atoms with Crippen molar-refractivity contribution in [2.45, 2.75) is 7.43 Å². The molecule has 8 nitrogen and oxygen atoms in total. The Labute approximate surface area is 105 Å². The monoisotopic (exact) mass is 259 g/mol. The highest BCUT2D eigenvalue weighted by Gasteiger charge is 1.66. The quantitative estimate of drug-likeness (QED) is 0.430. The Morgan fingerprint density at radius 2 is 0.706 bits per heavy atom. The summed E-state index contributed by atoms with van der Waals surface area (Å²) in [6, 6.07) is 0. The molecule has 0 aromatic heterocycles. The molecule has 3 N–H and O–H groups in total. The van der Waals surface area contributed by atoms with Gasteiger partial charge in [-0.2, -0.15) is 15.2 Å². The molecule has 0 aromatic rings. The molecule has 0 atom stereocenters. The van der Waals surface area contributed by atoms with E-state index < -0.39 is 0 Å². The third kappa shape index (κ3) is 6690. The van der Waals surface area contributed by atoms with Gasteiger partial charge in [0.05, 0.1) is 0 Å². The number of rotatable bonds is 0. The molecule has 0 amide bonds. The Morgan fingerprint density at radius 3 is 0.706 bits per heavy atom. The van der Waals surface area contributed by atoms with Crippen molar-refractivity contribution in [1.29, 1.82) is 0 Å². The molecule has 0 aliphatic rings. The van der Waals surface area contributed by atoms with Gasteiger partial charge in [-0.3, -0.25) is 0 Å². The molecule has 0 saturated carbocycles. The smallest absolute Gasteiger partial charge is 0.182 e. The minimum absolute atomic E-state index is 0. The normalized spacial score (nSPS) is 7.88. The van der Waals surface area contributed by atoms with Gasteiger partial charge in [0, 0.05) is 47.2 Å². The van der Waals surface area contributed by atoms with Crippen molar-refractivity contribution in [3.8, 4) is 0 Å². The van der Waals surface area contributed by atoms with E-state index in [2.05, 4.69) is 0 Å². The van der Waals surface area contributed by atoms with E-state index in [1.807, 2.05) is 0 Å². The van der Waals surface area contributed by atoms with Gasteiger partial charge in [-0.1, -0.05) is 7.43 Å². The van der Waals surface area contributed by atoms with Gasteiger partial charge in [0.2, 0.25) is 0 Å². The average molecular weight is 259 g/mol. The third-order valence-electron chi connectivity index (χ3n) is 0. The Bertz CT molecular complexity index is 106. The highest BCUT2D eigenvalue weighted by atomic mass is 16.5. The summed E-state index contributed by atoms with van der Waals surface area (Å²) in [7, 11) is 12.2. The molecule has 0 aliphatic heterocycles. The Balaban J connectivity index is -0.0000000369. The highest BCUT2D eigenvalue weighted by Crippen LogP contribution is 1.47. The zero-order valence-electron chi connectivity index (χ0n) is 11.5. The molecule has 0 fully saturated rings. The number of hydrogen-bond donors (Lipinski definition) is 3. The first-order chi connectivity index (χ1) is 6.93. The second kappa shape index (κ2) is 24.5. The van der Waals surface area contributed by atoms with Crippen molar-refractivity contribution in [3.63, 3.8) is 0 Å². The SMILES string of the molecule is C.CN(C)O.CN(C)O.CN(C)O.C[N+](C)=O. The van der Waals surface area contributed by atoms with Gasteiger partial charge in [-0.25, -0.2) is 0 Å². The van der Waals surface area contributed by atoms with Crippen LogP contribution in [0.4, 0.5) is 0 Å². The lowest BCUT2D eigenvalue weighted by molar-refractivity contribution is -0.486. The Morgan fingerprint density at radius 1 is 0.706 bits per heavy atom. The van der Waals surface area contributed by atoms with E-state index in [-0.39, 0.29) is 7.43 Å². The molecule has 0 spiro atoms. The first-order valence-corrected chi connectivity index (χ1v) is 4.36. The van der Waals surface area contributed by atoms with Gasteiger partial charge in [0.15, 0.2) is 14.1 Å². The second-order valence-corrected chi connectivity index (χ2v) is 3.35. The van der Waals surface area contributed by atoms with Crippen LogP contribution in [-0.4, -0.2) is 92.0 Å². The summed E-state index contributed by atoms with van der Waals surface area (Å²) in [6.07, 6.45) is 0. The fraction of sp³-hybridized carbons (Fsp3) is 1.00. The molecule has 0 aromatic carbocycles. The maximum absolute atomic E-state index is 9.36. The minimum atomic E-state index is 0. The van der Waals surface area contributed by atoms with Crippen molar-refractivity contribution >= 4 is 0 Å². The van der Waals surface area contributed by atoms with Gasteiger partial charge < -0.3 is 15.6 Å². The molecule has 17 heavy (non-hydrogen) atoms. The molecular weight excluding hydrogens is 228 g/mol. The van der Waals surface area contributed by atoms with E-state index in [1.165, 1.54) is 14.1 Å². The van der Waals surface area contributed by atoms with Gasteiger partial charge in [0.1, 0.15) is 0 Å². The van der Waals surface area contributed by atoms with Crippen LogP contribution in [0.15, 0.2) is 0 Å². The summed E-state index contributed by atoms with van der Waals surface area (Å²) in [5.74, 6) is 0. The van der Waals surface area contributed by atoms with Crippen LogP contribution in [0.2, 0.25) is 0 Å². The summed E-state index contributed by atoms with van der Waals surface area (Å²) < 4.78 is 0.750. The molecule has 0 heterocycles. The number of nitroso groups, excluding NO2 is 1. The standard InChI is InChI=1S/3C2H7NO.C2H6NO.CH4/c4*1-3(2)4;/h3*4H,1-2H3;1-2H3;1H4/q;;;+1;. The van der Waals surface area contributed by atoms with Gasteiger partial charge in [-0.05, 0) is 4.76 Å². The number of hydrogen-bond acceptors (Lipinski definition) is 7. The predicted octanol–water partition coefficient (Wildman–Crippen LogP) is 0.473. The van der Waals surface area contributed by atoms with Crippen molar-refractivity contribution in [1.82, 2.24) is 15.2 Å². The minimum Gasteiger partial charge on any atom is -0.315 e. The second-order valence-electron chi connectivity index (χ2n) is 3.35. The molecule has 0 radical (unpaired) electrons. The lowest BCUT2D eigenvalue weighted by atomic mass is 11.2. The van der Waals surface area contributed by atoms with Gasteiger partial charge in [0.25, 0.3) is 0 Å². The molecule has 0 saturated heterocycles. The summed E-state index contributed by atoms with van der Waals surface area (Å²) in [5, 5.41) is 26.7. The molecule has 0 aliphatic carbocycles. The van der Waals surface area contributed by atoms with E-state index in [0.717, 1.165) is 19.9 Å².